The molecular formula is C22H27F2N5O4. The summed E-state index contributed by atoms with van der Waals surface area (Å²) < 4.78 is 26.8. The van der Waals surface area contributed by atoms with E-state index in [1.807, 2.05) is 4.90 Å². The summed E-state index contributed by atoms with van der Waals surface area (Å²) in [6.07, 6.45) is 0.128. The molecular weight excluding hydrogens is 436 g/mol. The highest BCUT2D eigenvalue weighted by Gasteiger charge is 2.56. The standard InChI is InChI=1S/C22H27F2N5O4/c1-13(10-22(20(32)25-21(33)26-22)15-11-29(12-15)14(2)30)19(31)28-7-5-27(6-8-28)16-3-4-17(23)18(24)9-16/h3-4,9,13,15H,5-8,10-12H2,1-2H3,(H2,25,26,32,33). The Balaban J connectivity index is 1.39. The van der Waals surface area contributed by atoms with Gasteiger partial charge in [-0.05, 0) is 18.6 Å². The third-order valence-corrected chi connectivity index (χ3v) is 6.90. The molecule has 3 heterocycles. The van der Waals surface area contributed by atoms with Gasteiger partial charge in [-0.1, -0.05) is 6.92 Å². The summed E-state index contributed by atoms with van der Waals surface area (Å²) in [6.45, 7) is 5.58. The topological polar surface area (TPSA) is 102 Å². The second kappa shape index (κ2) is 8.60. The van der Waals surface area contributed by atoms with Crippen LogP contribution in [0.3, 0.4) is 0 Å². The highest BCUT2D eigenvalue weighted by Crippen LogP contribution is 2.36. The van der Waals surface area contributed by atoms with Crippen molar-refractivity contribution in [1.29, 1.82) is 0 Å². The largest absolute Gasteiger partial charge is 0.368 e. The smallest absolute Gasteiger partial charge is 0.322 e. The Bertz CT molecular complexity index is 991. The van der Waals surface area contributed by atoms with Crippen molar-refractivity contribution in [2.45, 2.75) is 25.8 Å². The summed E-state index contributed by atoms with van der Waals surface area (Å²) in [4.78, 5) is 54.5. The molecule has 0 radical (unpaired) electrons. The van der Waals surface area contributed by atoms with Crippen LogP contribution >= 0.6 is 0 Å². The summed E-state index contributed by atoms with van der Waals surface area (Å²) in [5.41, 5.74) is -0.677. The number of carbonyl (C=O) groups is 4. The lowest BCUT2D eigenvalue weighted by Gasteiger charge is -2.48. The van der Waals surface area contributed by atoms with Gasteiger partial charge in [0.05, 0.1) is 0 Å². The van der Waals surface area contributed by atoms with Crippen LogP contribution in [0.1, 0.15) is 20.3 Å². The third kappa shape index (κ3) is 4.23. The number of rotatable bonds is 5. The zero-order chi connectivity index (χ0) is 23.9. The molecule has 2 atom stereocenters. The number of hydrogen-bond acceptors (Lipinski definition) is 5. The number of piperazine rings is 1. The van der Waals surface area contributed by atoms with Crippen LogP contribution in [0.25, 0.3) is 0 Å². The Hall–Kier alpha value is -3.24. The molecule has 9 nitrogen and oxygen atoms in total. The monoisotopic (exact) mass is 463 g/mol. The van der Waals surface area contributed by atoms with Gasteiger partial charge in [-0.25, -0.2) is 13.6 Å². The Morgan fingerprint density at radius 1 is 1.09 bits per heavy atom. The molecule has 2 unspecified atom stereocenters. The fourth-order valence-corrected chi connectivity index (χ4v) is 4.90. The molecule has 0 saturated carbocycles. The molecule has 33 heavy (non-hydrogen) atoms. The normalized spacial score (nSPS) is 24.3. The van der Waals surface area contributed by atoms with E-state index in [1.54, 1.807) is 16.7 Å². The van der Waals surface area contributed by atoms with Crippen LogP contribution in [-0.4, -0.2) is 78.4 Å². The predicted octanol–water partition coefficient (Wildman–Crippen LogP) is 0.696. The third-order valence-electron chi connectivity index (χ3n) is 6.90. The number of halogens is 2. The van der Waals surface area contributed by atoms with Crippen molar-refractivity contribution < 1.29 is 28.0 Å². The van der Waals surface area contributed by atoms with Crippen molar-refractivity contribution >= 4 is 29.4 Å². The highest BCUT2D eigenvalue weighted by molar-refractivity contribution is 6.07. The molecule has 5 amide bonds. The molecule has 0 aromatic heterocycles. The van der Waals surface area contributed by atoms with E-state index >= 15 is 0 Å². The first-order chi connectivity index (χ1) is 15.6. The lowest BCUT2D eigenvalue weighted by Crippen LogP contribution is -2.66. The molecule has 1 aromatic rings. The van der Waals surface area contributed by atoms with E-state index < -0.39 is 35.0 Å². The number of hydrogen-bond donors (Lipinski definition) is 2. The molecule has 3 aliphatic heterocycles. The number of nitrogens with one attached hydrogen (secondary N) is 2. The average molecular weight is 463 g/mol. The van der Waals surface area contributed by atoms with E-state index in [4.69, 9.17) is 0 Å². The Morgan fingerprint density at radius 2 is 1.76 bits per heavy atom. The summed E-state index contributed by atoms with van der Waals surface area (Å²) in [5.74, 6) is -3.35. The molecule has 11 heteroatoms. The zero-order valence-electron chi connectivity index (χ0n) is 18.6. The molecule has 3 aliphatic rings. The molecule has 0 bridgehead atoms. The Labute approximate surface area is 190 Å². The maximum Gasteiger partial charge on any atom is 0.322 e. The van der Waals surface area contributed by atoms with Gasteiger partial charge in [0.25, 0.3) is 5.91 Å². The number of nitrogens with zero attached hydrogens (tertiary/aromatic N) is 3. The zero-order valence-corrected chi connectivity index (χ0v) is 18.6. The van der Waals surface area contributed by atoms with Crippen LogP contribution in [0.4, 0.5) is 19.3 Å². The Kier molecular flexibility index (Phi) is 5.98. The summed E-state index contributed by atoms with van der Waals surface area (Å²) >= 11 is 0. The fraction of sp³-hybridized carbons (Fsp3) is 0.545. The number of amides is 5. The van der Waals surface area contributed by atoms with Gasteiger partial charge in [0.2, 0.25) is 11.8 Å². The van der Waals surface area contributed by atoms with Crippen LogP contribution in [0.15, 0.2) is 18.2 Å². The SMILES string of the molecule is CC(=O)N1CC(C2(CC(C)C(=O)N3CCN(c4ccc(F)c(F)c4)CC3)NC(=O)NC2=O)C1. The maximum absolute atomic E-state index is 13.6. The van der Waals surface area contributed by atoms with E-state index in [1.165, 1.54) is 13.0 Å². The van der Waals surface area contributed by atoms with E-state index in [-0.39, 0.29) is 24.2 Å². The molecule has 4 rings (SSSR count). The number of imide groups is 1. The van der Waals surface area contributed by atoms with Crippen LogP contribution in [0.5, 0.6) is 0 Å². The van der Waals surface area contributed by atoms with E-state index in [0.717, 1.165) is 12.1 Å². The van der Waals surface area contributed by atoms with Crippen molar-refractivity contribution in [3.63, 3.8) is 0 Å². The number of anilines is 1. The van der Waals surface area contributed by atoms with Gasteiger partial charge in [0, 0.05) is 69.8 Å². The summed E-state index contributed by atoms with van der Waals surface area (Å²) in [7, 11) is 0. The summed E-state index contributed by atoms with van der Waals surface area (Å²) in [5, 5.41) is 5.00. The van der Waals surface area contributed by atoms with Crippen molar-refractivity contribution in [3.8, 4) is 0 Å². The second-order valence-electron chi connectivity index (χ2n) is 9.02. The van der Waals surface area contributed by atoms with Gasteiger partial charge >= 0.3 is 6.03 Å². The quantitative estimate of drug-likeness (QED) is 0.626. The number of carbonyl (C=O) groups excluding carboxylic acids is 4. The molecule has 3 fully saturated rings. The Morgan fingerprint density at radius 3 is 2.30 bits per heavy atom. The van der Waals surface area contributed by atoms with Crippen LogP contribution in [-0.2, 0) is 14.4 Å². The maximum atomic E-state index is 13.6. The second-order valence-corrected chi connectivity index (χ2v) is 9.02. The van der Waals surface area contributed by atoms with Gasteiger partial charge in [-0.2, -0.15) is 0 Å². The minimum absolute atomic E-state index is 0.103. The van der Waals surface area contributed by atoms with Crippen LogP contribution in [0, 0.1) is 23.5 Å². The lowest BCUT2D eigenvalue weighted by atomic mass is 9.73. The van der Waals surface area contributed by atoms with Crippen molar-refractivity contribution in [3.05, 3.63) is 29.8 Å². The molecule has 2 N–H and O–H groups in total. The minimum atomic E-state index is -1.23. The van der Waals surface area contributed by atoms with Crippen molar-refractivity contribution in [1.82, 2.24) is 20.4 Å². The van der Waals surface area contributed by atoms with Crippen LogP contribution in [0.2, 0.25) is 0 Å². The lowest BCUT2D eigenvalue weighted by molar-refractivity contribution is -0.144. The van der Waals surface area contributed by atoms with Gasteiger partial charge in [-0.3, -0.25) is 19.7 Å². The summed E-state index contributed by atoms with van der Waals surface area (Å²) in [6, 6.07) is 3.13. The van der Waals surface area contributed by atoms with E-state index in [2.05, 4.69) is 10.6 Å². The first-order valence-corrected chi connectivity index (χ1v) is 11.0. The van der Waals surface area contributed by atoms with Crippen molar-refractivity contribution in [2.75, 3.05) is 44.2 Å². The van der Waals surface area contributed by atoms with Gasteiger partial charge in [0.1, 0.15) is 5.54 Å². The minimum Gasteiger partial charge on any atom is -0.368 e. The van der Waals surface area contributed by atoms with E-state index in [0.29, 0.717) is 45.0 Å². The van der Waals surface area contributed by atoms with Gasteiger partial charge < -0.3 is 20.0 Å². The first kappa shape index (κ1) is 22.9. The average Bonchev–Trinajstić information content (AvgIpc) is 3.01. The predicted molar refractivity (Wildman–Crippen MR) is 114 cm³/mol. The highest BCUT2D eigenvalue weighted by atomic mass is 19.2. The first-order valence-electron chi connectivity index (χ1n) is 11.0. The van der Waals surface area contributed by atoms with Crippen LogP contribution < -0.4 is 15.5 Å². The number of urea groups is 1. The molecule has 178 valence electrons. The molecule has 3 saturated heterocycles. The number of benzene rings is 1. The molecule has 0 spiro atoms. The van der Waals surface area contributed by atoms with Gasteiger partial charge in [-0.15, -0.1) is 0 Å². The molecule has 1 aromatic carbocycles. The fourth-order valence-electron chi connectivity index (χ4n) is 4.90. The molecule has 0 aliphatic carbocycles. The van der Waals surface area contributed by atoms with E-state index in [9.17, 15) is 28.0 Å². The number of likely N-dealkylation sites (tertiary alicyclic amines) is 1. The van der Waals surface area contributed by atoms with Crippen molar-refractivity contribution in [2.24, 2.45) is 11.8 Å². The van der Waals surface area contributed by atoms with Gasteiger partial charge in [0.15, 0.2) is 11.6 Å².